The summed E-state index contributed by atoms with van der Waals surface area (Å²) in [5.41, 5.74) is 0.553. The zero-order valence-corrected chi connectivity index (χ0v) is 18.3. The van der Waals surface area contributed by atoms with Crippen LogP contribution in [0.4, 0.5) is 11.4 Å². The lowest BCUT2D eigenvalue weighted by Crippen LogP contribution is -2.39. The number of nitrogens with one attached hydrogen (secondary N) is 1. The van der Waals surface area contributed by atoms with Crippen molar-refractivity contribution in [1.29, 1.82) is 0 Å². The quantitative estimate of drug-likeness (QED) is 0.448. The van der Waals surface area contributed by atoms with Crippen LogP contribution in [-0.2, 0) is 4.79 Å². The third kappa shape index (κ3) is 7.73. The predicted molar refractivity (Wildman–Crippen MR) is 119 cm³/mol. The van der Waals surface area contributed by atoms with E-state index in [1.54, 1.807) is 24.3 Å². The molecule has 0 spiro atoms. The van der Waals surface area contributed by atoms with Crippen molar-refractivity contribution >= 4 is 23.2 Å². The van der Waals surface area contributed by atoms with E-state index in [4.69, 9.17) is 4.74 Å². The van der Waals surface area contributed by atoms with E-state index >= 15 is 0 Å². The van der Waals surface area contributed by atoms with Gasteiger partial charge in [-0.2, -0.15) is 0 Å². The third-order valence-electron chi connectivity index (χ3n) is 4.32. The molecule has 0 atom stereocenters. The summed E-state index contributed by atoms with van der Waals surface area (Å²) in [6.07, 6.45) is 0. The van der Waals surface area contributed by atoms with Crippen LogP contribution in [0.1, 0.15) is 38.1 Å². The number of non-ortho nitro benzene ring substituents is 1. The van der Waals surface area contributed by atoms with Gasteiger partial charge in [-0.15, -0.1) is 0 Å². The number of benzene rings is 2. The molecular formula is C23H29N3O5. The molecule has 2 aromatic rings. The van der Waals surface area contributed by atoms with Crippen LogP contribution in [0.5, 0.6) is 5.75 Å². The van der Waals surface area contributed by atoms with Gasteiger partial charge in [0, 0.05) is 36.5 Å². The molecule has 8 nitrogen and oxygen atoms in total. The minimum atomic E-state index is -0.548. The van der Waals surface area contributed by atoms with E-state index in [0.29, 0.717) is 36.4 Å². The molecule has 0 aromatic heterocycles. The van der Waals surface area contributed by atoms with Crippen LogP contribution in [0.3, 0.4) is 0 Å². The fourth-order valence-corrected chi connectivity index (χ4v) is 2.99. The van der Waals surface area contributed by atoms with Gasteiger partial charge in [0.2, 0.25) is 0 Å². The first-order chi connectivity index (χ1) is 14.7. The average Bonchev–Trinajstić information content (AvgIpc) is 2.72. The summed E-state index contributed by atoms with van der Waals surface area (Å²) in [6, 6.07) is 12.1. The number of amides is 2. The monoisotopic (exact) mass is 427 g/mol. The first kappa shape index (κ1) is 23.9. The van der Waals surface area contributed by atoms with Crippen molar-refractivity contribution in [2.45, 2.75) is 27.7 Å². The smallest absolute Gasteiger partial charge is 0.270 e. The van der Waals surface area contributed by atoms with Gasteiger partial charge in [0.1, 0.15) is 5.75 Å². The van der Waals surface area contributed by atoms with Gasteiger partial charge >= 0.3 is 0 Å². The van der Waals surface area contributed by atoms with Crippen LogP contribution >= 0.6 is 0 Å². The maximum absolute atomic E-state index is 12.5. The number of nitrogens with zero attached hydrogens (tertiary/aromatic N) is 2. The van der Waals surface area contributed by atoms with Crippen LogP contribution < -0.4 is 10.1 Å². The molecule has 0 saturated heterocycles. The second-order valence-corrected chi connectivity index (χ2v) is 8.16. The highest BCUT2D eigenvalue weighted by atomic mass is 16.6. The van der Waals surface area contributed by atoms with E-state index in [2.05, 4.69) is 33.0 Å². The number of hydrogen-bond acceptors (Lipinski definition) is 5. The van der Waals surface area contributed by atoms with Gasteiger partial charge in [0.05, 0.1) is 4.92 Å². The van der Waals surface area contributed by atoms with E-state index in [9.17, 15) is 19.7 Å². The van der Waals surface area contributed by atoms with E-state index in [1.165, 1.54) is 24.3 Å². The summed E-state index contributed by atoms with van der Waals surface area (Å²) in [7, 11) is 0. The van der Waals surface area contributed by atoms with Gasteiger partial charge in [0.15, 0.2) is 6.61 Å². The Morgan fingerprint density at radius 2 is 1.65 bits per heavy atom. The summed E-state index contributed by atoms with van der Waals surface area (Å²) in [6.45, 7) is 9.60. The molecule has 0 fully saturated rings. The number of nitro benzene ring substituents is 1. The number of nitro groups is 1. The molecule has 0 heterocycles. The molecule has 0 aliphatic heterocycles. The van der Waals surface area contributed by atoms with Gasteiger partial charge in [-0.3, -0.25) is 19.7 Å². The molecule has 8 heteroatoms. The summed E-state index contributed by atoms with van der Waals surface area (Å²) in [5, 5.41) is 13.5. The van der Waals surface area contributed by atoms with Crippen molar-refractivity contribution in [2.75, 3.05) is 25.0 Å². The fourth-order valence-electron chi connectivity index (χ4n) is 2.99. The van der Waals surface area contributed by atoms with Crippen molar-refractivity contribution in [3.05, 3.63) is 64.2 Å². The maximum atomic E-state index is 12.5. The summed E-state index contributed by atoms with van der Waals surface area (Å²) >= 11 is 0. The standard InChI is InChI=1S/C23H29N3O5/c1-16(2)13-25(14-17(3)4)22(27)15-31-21-10-8-19(9-11-21)24-23(28)18-6-5-7-20(12-18)26(29)30/h5-12,16-17H,13-15H2,1-4H3,(H,24,28). The highest BCUT2D eigenvalue weighted by molar-refractivity contribution is 6.04. The first-order valence-corrected chi connectivity index (χ1v) is 10.2. The molecule has 2 aromatic carbocycles. The van der Waals surface area contributed by atoms with Crippen LogP contribution in [0.15, 0.2) is 48.5 Å². The lowest BCUT2D eigenvalue weighted by Gasteiger charge is -2.26. The molecule has 0 aliphatic carbocycles. The lowest BCUT2D eigenvalue weighted by atomic mass is 10.1. The molecular weight excluding hydrogens is 398 g/mol. The van der Waals surface area contributed by atoms with Crippen molar-refractivity contribution in [1.82, 2.24) is 4.90 Å². The number of anilines is 1. The molecule has 0 radical (unpaired) electrons. The Morgan fingerprint density at radius 1 is 1.03 bits per heavy atom. The molecule has 2 amide bonds. The van der Waals surface area contributed by atoms with Gasteiger partial charge in [-0.1, -0.05) is 33.8 Å². The highest BCUT2D eigenvalue weighted by Crippen LogP contribution is 2.18. The molecule has 0 aliphatic rings. The molecule has 0 saturated carbocycles. The SMILES string of the molecule is CC(C)CN(CC(C)C)C(=O)COc1ccc(NC(=O)c2cccc([N+](=O)[O-])c2)cc1. The Balaban J connectivity index is 1.94. The second-order valence-electron chi connectivity index (χ2n) is 8.16. The van der Waals surface area contributed by atoms with Gasteiger partial charge in [-0.05, 0) is 42.2 Å². The molecule has 2 rings (SSSR count). The first-order valence-electron chi connectivity index (χ1n) is 10.2. The topological polar surface area (TPSA) is 102 Å². The van der Waals surface area contributed by atoms with Crippen LogP contribution in [0.2, 0.25) is 0 Å². The van der Waals surface area contributed by atoms with Crippen molar-refractivity contribution in [3.8, 4) is 5.75 Å². The van der Waals surface area contributed by atoms with E-state index in [0.717, 1.165) is 0 Å². The number of ether oxygens (including phenoxy) is 1. The predicted octanol–water partition coefficient (Wildman–Crippen LogP) is 4.37. The van der Waals surface area contributed by atoms with Crippen molar-refractivity contribution in [2.24, 2.45) is 11.8 Å². The summed E-state index contributed by atoms with van der Waals surface area (Å²) in [5.74, 6) is 0.736. The van der Waals surface area contributed by atoms with E-state index in [-0.39, 0.29) is 23.8 Å². The fraction of sp³-hybridized carbons (Fsp3) is 0.391. The number of hydrogen-bond donors (Lipinski definition) is 1. The Bertz CT molecular complexity index is 900. The zero-order chi connectivity index (χ0) is 23.0. The summed E-state index contributed by atoms with van der Waals surface area (Å²) in [4.78, 5) is 37.0. The van der Waals surface area contributed by atoms with E-state index in [1.807, 2.05) is 4.90 Å². The number of rotatable bonds is 10. The van der Waals surface area contributed by atoms with Gasteiger partial charge in [0.25, 0.3) is 17.5 Å². The normalized spacial score (nSPS) is 10.8. The number of carbonyl (C=O) groups is 2. The van der Waals surface area contributed by atoms with Crippen molar-refractivity contribution in [3.63, 3.8) is 0 Å². The minimum absolute atomic E-state index is 0.0567. The Labute approximate surface area is 182 Å². The van der Waals surface area contributed by atoms with Crippen LogP contribution in [-0.4, -0.2) is 41.3 Å². The second kappa shape index (κ2) is 11.1. The average molecular weight is 428 g/mol. The van der Waals surface area contributed by atoms with E-state index < -0.39 is 10.8 Å². The van der Waals surface area contributed by atoms with Crippen molar-refractivity contribution < 1.29 is 19.2 Å². The van der Waals surface area contributed by atoms with Crippen LogP contribution in [0, 0.1) is 22.0 Å². The summed E-state index contributed by atoms with van der Waals surface area (Å²) < 4.78 is 5.62. The largest absolute Gasteiger partial charge is 0.484 e. The highest BCUT2D eigenvalue weighted by Gasteiger charge is 2.17. The Morgan fingerprint density at radius 3 is 2.19 bits per heavy atom. The molecule has 1 N–H and O–H groups in total. The lowest BCUT2D eigenvalue weighted by molar-refractivity contribution is -0.384. The van der Waals surface area contributed by atoms with Crippen LogP contribution in [0.25, 0.3) is 0 Å². The maximum Gasteiger partial charge on any atom is 0.270 e. The van der Waals surface area contributed by atoms with Gasteiger partial charge < -0.3 is 15.0 Å². The van der Waals surface area contributed by atoms with Gasteiger partial charge in [-0.25, -0.2) is 0 Å². The number of carbonyl (C=O) groups excluding carboxylic acids is 2. The third-order valence-corrected chi connectivity index (χ3v) is 4.32. The molecule has 166 valence electrons. The Kier molecular flexibility index (Phi) is 8.54. The molecule has 31 heavy (non-hydrogen) atoms. The minimum Gasteiger partial charge on any atom is -0.484 e. The molecule has 0 unspecified atom stereocenters. The Hall–Kier alpha value is -3.42. The zero-order valence-electron chi connectivity index (χ0n) is 18.3. The molecule has 0 bridgehead atoms.